The predicted octanol–water partition coefficient (Wildman–Crippen LogP) is 3.95. The van der Waals surface area contributed by atoms with E-state index in [-0.39, 0.29) is 0 Å². The van der Waals surface area contributed by atoms with Crippen LogP contribution in [0.15, 0.2) is 24.3 Å². The van der Waals surface area contributed by atoms with Crippen LogP contribution in [0.25, 0.3) is 0 Å². The van der Waals surface area contributed by atoms with Crippen LogP contribution >= 0.6 is 0 Å². The Bertz CT molecular complexity index is 131. The molecule has 0 saturated heterocycles. The molecule has 0 aromatic rings. The van der Waals surface area contributed by atoms with E-state index in [1.807, 2.05) is 6.08 Å². The van der Waals surface area contributed by atoms with Gasteiger partial charge in [-0.1, -0.05) is 44.9 Å². The minimum absolute atomic E-state index is 0.538. The molecule has 0 N–H and O–H groups in total. The average Bonchev–Trinajstić information content (AvgIpc) is 2.03. The van der Waals surface area contributed by atoms with E-state index in [9.17, 15) is 0 Å². The molecule has 0 aromatic heterocycles. The van der Waals surface area contributed by atoms with Crippen molar-refractivity contribution in [1.82, 2.24) is 0 Å². The summed E-state index contributed by atoms with van der Waals surface area (Å²) in [5.41, 5.74) is 1.57. The van der Waals surface area contributed by atoms with Gasteiger partial charge in [-0.25, -0.2) is 0 Å². The first kappa shape index (κ1) is 10.5. The zero-order valence-electron chi connectivity index (χ0n) is 8.06. The van der Waals surface area contributed by atoms with Crippen LogP contribution in [0.1, 0.15) is 40.0 Å². The maximum atomic E-state index is 3.76. The summed E-state index contributed by atoms with van der Waals surface area (Å²) < 4.78 is 0. The number of allylic oxidation sites excluding steroid dienone is 3. The first-order valence-electron chi connectivity index (χ1n) is 4.56. The van der Waals surface area contributed by atoms with E-state index in [4.69, 9.17) is 0 Å². The summed E-state index contributed by atoms with van der Waals surface area (Å²) in [6, 6.07) is 0. The van der Waals surface area contributed by atoms with Crippen LogP contribution < -0.4 is 0 Å². The summed E-state index contributed by atoms with van der Waals surface area (Å²) in [5, 5.41) is 0. The minimum atomic E-state index is 0.538. The van der Waals surface area contributed by atoms with Gasteiger partial charge in [-0.3, -0.25) is 0 Å². The Kier molecular flexibility index (Phi) is 5.91. The normalized spacial score (nSPS) is 14.6. The van der Waals surface area contributed by atoms with Crippen molar-refractivity contribution in [2.45, 2.75) is 40.0 Å². The van der Waals surface area contributed by atoms with E-state index < -0.39 is 0 Å². The van der Waals surface area contributed by atoms with Gasteiger partial charge in [-0.05, 0) is 18.8 Å². The Labute approximate surface area is 71.0 Å². The number of hydrogen-bond donors (Lipinski definition) is 0. The zero-order chi connectivity index (χ0) is 8.69. The summed E-state index contributed by atoms with van der Waals surface area (Å²) in [5.74, 6) is 0.538. The molecule has 0 radical (unpaired) electrons. The maximum Gasteiger partial charge on any atom is -0.00819 e. The van der Waals surface area contributed by atoms with Gasteiger partial charge in [0.15, 0.2) is 0 Å². The van der Waals surface area contributed by atoms with Crippen molar-refractivity contribution in [2.75, 3.05) is 0 Å². The van der Waals surface area contributed by atoms with Crippen molar-refractivity contribution >= 4 is 0 Å². The van der Waals surface area contributed by atoms with Gasteiger partial charge >= 0.3 is 0 Å². The Morgan fingerprint density at radius 1 is 1.45 bits per heavy atom. The fraction of sp³-hybridized carbons (Fsp3) is 0.636. The molecule has 0 heterocycles. The Morgan fingerprint density at radius 2 is 2.09 bits per heavy atom. The third kappa shape index (κ3) is 4.83. The highest BCUT2D eigenvalue weighted by Crippen LogP contribution is 2.12. The molecule has 1 unspecified atom stereocenters. The molecule has 0 rings (SSSR count). The van der Waals surface area contributed by atoms with Gasteiger partial charge in [-0.15, -0.1) is 6.58 Å². The first-order valence-corrected chi connectivity index (χ1v) is 4.56. The molecule has 0 aliphatic carbocycles. The lowest BCUT2D eigenvalue weighted by molar-refractivity contribution is 0.821. The molecule has 0 aliphatic rings. The predicted molar refractivity (Wildman–Crippen MR) is 52.6 cm³/mol. The van der Waals surface area contributed by atoms with Gasteiger partial charge in [0.25, 0.3) is 0 Å². The maximum absolute atomic E-state index is 3.76. The summed E-state index contributed by atoms with van der Waals surface area (Å²) in [6.07, 6.45) is 8.01. The summed E-state index contributed by atoms with van der Waals surface area (Å²) >= 11 is 0. The van der Waals surface area contributed by atoms with Crippen LogP contribution in [0.3, 0.4) is 0 Å². The van der Waals surface area contributed by atoms with Crippen LogP contribution in [0, 0.1) is 5.92 Å². The average molecular weight is 152 g/mol. The second-order valence-corrected chi connectivity index (χ2v) is 3.02. The Hall–Kier alpha value is -0.520. The molecule has 0 spiro atoms. The van der Waals surface area contributed by atoms with Gasteiger partial charge in [0.1, 0.15) is 0 Å². The van der Waals surface area contributed by atoms with Crippen molar-refractivity contribution in [3.8, 4) is 0 Å². The standard InChI is InChI=1S/C11H20/c1-5-8-11(7-3)9-10(4)6-2/h6,9-10H,2,5,7-8H2,1,3-4H3/b11-9-. The second kappa shape index (κ2) is 6.21. The van der Waals surface area contributed by atoms with E-state index in [1.165, 1.54) is 19.3 Å². The molecule has 0 heteroatoms. The van der Waals surface area contributed by atoms with Crippen LogP contribution in [-0.2, 0) is 0 Å². The van der Waals surface area contributed by atoms with E-state index in [0.717, 1.165) is 0 Å². The van der Waals surface area contributed by atoms with Crippen molar-refractivity contribution in [3.63, 3.8) is 0 Å². The molecule has 11 heavy (non-hydrogen) atoms. The van der Waals surface area contributed by atoms with Gasteiger partial charge in [0, 0.05) is 0 Å². The van der Waals surface area contributed by atoms with Crippen LogP contribution in [0.5, 0.6) is 0 Å². The number of rotatable bonds is 5. The molecule has 0 bridgehead atoms. The Morgan fingerprint density at radius 3 is 2.45 bits per heavy atom. The second-order valence-electron chi connectivity index (χ2n) is 3.02. The van der Waals surface area contributed by atoms with E-state index in [0.29, 0.717) is 5.92 Å². The quantitative estimate of drug-likeness (QED) is 0.523. The molecule has 0 nitrogen and oxygen atoms in total. The van der Waals surface area contributed by atoms with Crippen molar-refractivity contribution in [2.24, 2.45) is 5.92 Å². The first-order chi connectivity index (χ1) is 5.24. The summed E-state index contributed by atoms with van der Waals surface area (Å²) in [6.45, 7) is 10.4. The van der Waals surface area contributed by atoms with E-state index >= 15 is 0 Å². The van der Waals surface area contributed by atoms with Gasteiger partial charge in [-0.2, -0.15) is 0 Å². The van der Waals surface area contributed by atoms with Gasteiger partial charge in [0.05, 0.1) is 0 Å². The molecular formula is C11H20. The fourth-order valence-corrected chi connectivity index (χ4v) is 1.14. The SMILES string of the molecule is C=CC(C)/C=C(/CC)CCC. The van der Waals surface area contributed by atoms with Crippen molar-refractivity contribution in [1.29, 1.82) is 0 Å². The van der Waals surface area contributed by atoms with Crippen LogP contribution in [0.2, 0.25) is 0 Å². The van der Waals surface area contributed by atoms with Crippen molar-refractivity contribution in [3.05, 3.63) is 24.3 Å². The smallest absolute Gasteiger partial charge is 0.00819 e. The lowest BCUT2D eigenvalue weighted by Gasteiger charge is -2.04. The molecule has 0 amide bonds. The lowest BCUT2D eigenvalue weighted by atomic mass is 10.0. The van der Waals surface area contributed by atoms with Crippen molar-refractivity contribution < 1.29 is 0 Å². The van der Waals surface area contributed by atoms with Crippen LogP contribution in [-0.4, -0.2) is 0 Å². The van der Waals surface area contributed by atoms with Gasteiger partial charge < -0.3 is 0 Å². The third-order valence-electron chi connectivity index (χ3n) is 1.90. The molecule has 1 atom stereocenters. The molecule has 0 saturated carbocycles. The monoisotopic (exact) mass is 152 g/mol. The molecule has 0 aromatic carbocycles. The summed E-state index contributed by atoms with van der Waals surface area (Å²) in [7, 11) is 0. The van der Waals surface area contributed by atoms with Crippen LogP contribution in [0.4, 0.5) is 0 Å². The molecule has 64 valence electrons. The molecule has 0 aliphatic heterocycles. The third-order valence-corrected chi connectivity index (χ3v) is 1.90. The zero-order valence-corrected chi connectivity index (χ0v) is 8.06. The summed E-state index contributed by atoms with van der Waals surface area (Å²) in [4.78, 5) is 0. The fourth-order valence-electron chi connectivity index (χ4n) is 1.14. The highest BCUT2D eigenvalue weighted by Gasteiger charge is 1.94. The topological polar surface area (TPSA) is 0 Å². The minimum Gasteiger partial charge on any atom is -0.102 e. The highest BCUT2D eigenvalue weighted by atomic mass is 14.0. The molecule has 0 fully saturated rings. The van der Waals surface area contributed by atoms with E-state index in [1.54, 1.807) is 5.57 Å². The number of hydrogen-bond acceptors (Lipinski definition) is 0. The lowest BCUT2D eigenvalue weighted by Crippen LogP contribution is -1.87. The largest absolute Gasteiger partial charge is 0.102 e. The van der Waals surface area contributed by atoms with Gasteiger partial charge in [0.2, 0.25) is 0 Å². The Balaban J connectivity index is 3.98. The van der Waals surface area contributed by atoms with E-state index in [2.05, 4.69) is 33.4 Å². The molecular weight excluding hydrogens is 132 g/mol. The highest BCUT2D eigenvalue weighted by molar-refractivity contribution is 5.06.